The maximum Gasteiger partial charge on any atom is 0.387 e. The van der Waals surface area contributed by atoms with Crippen LogP contribution in [0.3, 0.4) is 0 Å². The molecule has 0 bridgehead atoms. The minimum Gasteiger partial charge on any atom is -0.433 e. The Labute approximate surface area is 190 Å². The fourth-order valence-electron chi connectivity index (χ4n) is 3.49. The Balaban J connectivity index is 1.78. The molecule has 0 unspecified atom stereocenters. The largest absolute Gasteiger partial charge is 0.433 e. The van der Waals surface area contributed by atoms with Gasteiger partial charge in [-0.2, -0.15) is 13.9 Å². The molecule has 1 N–H and O–H groups in total. The molecule has 0 saturated carbocycles. The highest BCUT2D eigenvalue weighted by Gasteiger charge is 2.22. The summed E-state index contributed by atoms with van der Waals surface area (Å²) < 4.78 is 31.4. The second-order valence-electron chi connectivity index (χ2n) is 7.12. The summed E-state index contributed by atoms with van der Waals surface area (Å²) in [5.74, 6) is 0.105. The summed E-state index contributed by atoms with van der Waals surface area (Å²) in [4.78, 5) is 0. The second-order valence-corrected chi connectivity index (χ2v) is 11.2. The van der Waals surface area contributed by atoms with Gasteiger partial charge in [0.25, 0.3) is 0 Å². The number of benzene rings is 4. The Morgan fingerprint density at radius 2 is 1.41 bits per heavy atom. The van der Waals surface area contributed by atoms with Crippen molar-refractivity contribution in [2.75, 3.05) is 0 Å². The molecule has 4 rings (SSSR count). The van der Waals surface area contributed by atoms with Gasteiger partial charge >= 0.3 is 6.61 Å². The van der Waals surface area contributed by atoms with Crippen LogP contribution in [0.25, 0.3) is 10.8 Å². The predicted molar refractivity (Wildman–Crippen MR) is 132 cm³/mol. The van der Waals surface area contributed by atoms with E-state index >= 15 is 0 Å². The zero-order valence-corrected chi connectivity index (χ0v) is 19.0. The molecule has 0 fully saturated rings. The summed E-state index contributed by atoms with van der Waals surface area (Å²) in [5.41, 5.74) is 0.992. The maximum atomic E-state index is 13.2. The van der Waals surface area contributed by atoms with Crippen LogP contribution in [0.1, 0.15) is 12.5 Å². The summed E-state index contributed by atoms with van der Waals surface area (Å²) in [5, 5.41) is 11.1. The SMILES string of the molecule is C/C(=N/NP(=S)(c1ccccc1)c1ccccc1)c1ccc2ccccc2c1OC(F)F. The topological polar surface area (TPSA) is 33.6 Å². The van der Waals surface area contributed by atoms with E-state index in [9.17, 15) is 8.78 Å². The molecule has 0 saturated heterocycles. The molecule has 0 heterocycles. The Morgan fingerprint density at radius 1 is 0.844 bits per heavy atom. The fourth-order valence-corrected chi connectivity index (χ4v) is 6.35. The lowest BCUT2D eigenvalue weighted by Gasteiger charge is -2.23. The highest BCUT2D eigenvalue weighted by atomic mass is 32.4. The summed E-state index contributed by atoms with van der Waals surface area (Å²) in [6, 6.07) is 30.4. The molecule has 0 aromatic heterocycles. The van der Waals surface area contributed by atoms with Crippen molar-refractivity contribution in [2.45, 2.75) is 13.5 Å². The van der Waals surface area contributed by atoms with Crippen molar-refractivity contribution in [3.63, 3.8) is 0 Å². The molecule has 3 nitrogen and oxygen atoms in total. The fraction of sp³-hybridized carbons (Fsp3) is 0.0800. The minimum atomic E-state index is -2.94. The van der Waals surface area contributed by atoms with Crippen molar-refractivity contribution in [3.05, 3.63) is 103 Å². The Hall–Kier alpha value is -3.08. The molecule has 0 aliphatic heterocycles. The van der Waals surface area contributed by atoms with E-state index in [1.807, 2.05) is 78.9 Å². The molecule has 0 amide bonds. The van der Waals surface area contributed by atoms with Crippen molar-refractivity contribution in [1.82, 2.24) is 5.20 Å². The predicted octanol–water partition coefficient (Wildman–Crippen LogP) is 5.80. The van der Waals surface area contributed by atoms with Gasteiger partial charge in [-0.25, -0.2) is 0 Å². The lowest BCUT2D eigenvalue weighted by molar-refractivity contribution is -0.0489. The zero-order chi connectivity index (χ0) is 22.6. The summed E-state index contributed by atoms with van der Waals surface area (Å²) in [6.07, 6.45) is -2.48. The average Bonchev–Trinajstić information content (AvgIpc) is 2.83. The lowest BCUT2D eigenvalue weighted by atomic mass is 10.0. The molecule has 0 spiro atoms. The van der Waals surface area contributed by atoms with E-state index < -0.39 is 12.8 Å². The highest BCUT2D eigenvalue weighted by Crippen LogP contribution is 2.39. The van der Waals surface area contributed by atoms with Crippen LogP contribution in [0.5, 0.6) is 5.75 Å². The van der Waals surface area contributed by atoms with E-state index in [4.69, 9.17) is 16.5 Å². The number of halogens is 2. The van der Waals surface area contributed by atoms with Gasteiger partial charge in [0, 0.05) is 21.6 Å². The van der Waals surface area contributed by atoms with Crippen molar-refractivity contribution < 1.29 is 13.5 Å². The average molecular weight is 466 g/mol. The van der Waals surface area contributed by atoms with Crippen LogP contribution in [-0.2, 0) is 11.8 Å². The lowest BCUT2D eigenvalue weighted by Crippen LogP contribution is -2.25. The summed E-state index contributed by atoms with van der Waals surface area (Å²) in [7, 11) is 0. The van der Waals surface area contributed by atoms with E-state index in [0.717, 1.165) is 16.0 Å². The number of rotatable bonds is 7. The molecule has 4 aromatic carbocycles. The van der Waals surface area contributed by atoms with Gasteiger partial charge < -0.3 is 4.74 Å². The van der Waals surface area contributed by atoms with Gasteiger partial charge in [-0.05, 0) is 18.4 Å². The van der Waals surface area contributed by atoms with Crippen molar-refractivity contribution in [3.8, 4) is 5.75 Å². The number of fused-ring (bicyclic) bond motifs is 1. The van der Waals surface area contributed by atoms with Crippen molar-refractivity contribution in [1.29, 1.82) is 0 Å². The summed E-state index contributed by atoms with van der Waals surface area (Å²) in [6.45, 7) is -1.19. The normalized spacial score (nSPS) is 12.2. The molecular weight excluding hydrogens is 445 g/mol. The number of nitrogens with zero attached hydrogens (tertiary/aromatic N) is 1. The quantitative estimate of drug-likeness (QED) is 0.212. The van der Waals surface area contributed by atoms with Gasteiger partial charge in [0.2, 0.25) is 0 Å². The standard InChI is InChI=1S/C25H21F2N2OPS/c1-18(22-17-16-19-10-8-9-15-23(19)24(22)30-25(26)27)28-29-31(32,20-11-4-2-5-12-20)21-13-6-3-7-14-21/h2-17,25H,1H3,(H,29,32)/b28-18-. The number of alkyl halides is 2. The van der Waals surface area contributed by atoms with E-state index in [2.05, 4.69) is 10.3 Å². The third-order valence-corrected chi connectivity index (χ3v) is 9.02. The van der Waals surface area contributed by atoms with Crippen LogP contribution >= 0.6 is 6.19 Å². The van der Waals surface area contributed by atoms with Gasteiger partial charge in [-0.1, -0.05) is 103 Å². The zero-order valence-electron chi connectivity index (χ0n) is 17.3. The van der Waals surface area contributed by atoms with E-state index in [0.29, 0.717) is 16.7 Å². The van der Waals surface area contributed by atoms with Crippen LogP contribution in [-0.4, -0.2) is 12.3 Å². The smallest absolute Gasteiger partial charge is 0.387 e. The first kappa shape index (κ1) is 22.1. The van der Waals surface area contributed by atoms with Gasteiger partial charge in [0.15, 0.2) is 0 Å². The van der Waals surface area contributed by atoms with Gasteiger partial charge in [0.05, 0.1) is 5.71 Å². The molecule has 0 radical (unpaired) electrons. The van der Waals surface area contributed by atoms with Crippen LogP contribution in [0.15, 0.2) is 102 Å². The van der Waals surface area contributed by atoms with Gasteiger partial charge in [-0.15, -0.1) is 0 Å². The van der Waals surface area contributed by atoms with Crippen molar-refractivity contribution in [2.24, 2.45) is 5.10 Å². The van der Waals surface area contributed by atoms with Gasteiger partial charge in [0.1, 0.15) is 11.9 Å². The highest BCUT2D eigenvalue weighted by molar-refractivity contribution is 8.20. The number of hydrogen-bond donors (Lipinski definition) is 1. The van der Waals surface area contributed by atoms with Crippen LogP contribution in [0.2, 0.25) is 0 Å². The molecule has 0 aliphatic rings. The molecule has 0 atom stereocenters. The van der Waals surface area contributed by atoms with E-state index in [1.165, 1.54) is 0 Å². The molecule has 162 valence electrons. The molecular formula is C25H21F2N2OPS. The first-order valence-electron chi connectivity index (χ1n) is 9.99. The van der Waals surface area contributed by atoms with Gasteiger partial charge in [-0.3, -0.25) is 5.20 Å². The number of hydrazone groups is 1. The maximum absolute atomic E-state index is 13.2. The Bertz CT molecular complexity index is 1250. The third kappa shape index (κ3) is 4.57. The summed E-state index contributed by atoms with van der Waals surface area (Å²) >= 11 is 6.12. The molecule has 4 aromatic rings. The Morgan fingerprint density at radius 3 is 2.00 bits per heavy atom. The molecule has 32 heavy (non-hydrogen) atoms. The minimum absolute atomic E-state index is 0.105. The number of hydrogen-bond acceptors (Lipinski definition) is 3. The first-order valence-corrected chi connectivity index (χ1v) is 12.8. The molecule has 7 heteroatoms. The van der Waals surface area contributed by atoms with Crippen LogP contribution in [0.4, 0.5) is 8.78 Å². The van der Waals surface area contributed by atoms with Crippen molar-refractivity contribution >= 4 is 45.1 Å². The van der Waals surface area contributed by atoms with Crippen LogP contribution < -0.4 is 20.5 Å². The number of nitrogens with one attached hydrogen (secondary N) is 1. The third-order valence-electron chi connectivity index (χ3n) is 5.07. The van der Waals surface area contributed by atoms with Crippen LogP contribution in [0, 0.1) is 0 Å². The number of ether oxygens (including phenoxy) is 1. The monoisotopic (exact) mass is 466 g/mol. The van der Waals surface area contributed by atoms with E-state index in [1.54, 1.807) is 25.1 Å². The second kappa shape index (κ2) is 9.60. The van der Waals surface area contributed by atoms with E-state index in [-0.39, 0.29) is 5.75 Å². The molecule has 0 aliphatic carbocycles. The Kier molecular flexibility index (Phi) is 6.63. The first-order chi connectivity index (χ1) is 15.5.